The Morgan fingerprint density at radius 1 is 1.33 bits per heavy atom. The summed E-state index contributed by atoms with van der Waals surface area (Å²) in [7, 11) is 1.73. The highest BCUT2D eigenvalue weighted by molar-refractivity contribution is 5.71. The number of methoxy groups -OCH3 is 1. The van der Waals surface area contributed by atoms with Crippen LogP contribution in [0.5, 0.6) is 5.75 Å². The van der Waals surface area contributed by atoms with E-state index in [9.17, 15) is 0 Å². The first kappa shape index (κ1) is 10.3. The van der Waals surface area contributed by atoms with Crippen molar-refractivity contribution >= 4 is 5.57 Å². The van der Waals surface area contributed by atoms with Gasteiger partial charge in [0.1, 0.15) is 5.75 Å². The zero-order valence-electron chi connectivity index (χ0n) is 9.55. The van der Waals surface area contributed by atoms with E-state index < -0.39 is 0 Å². The Morgan fingerprint density at radius 2 is 2.20 bits per heavy atom. The highest BCUT2D eigenvalue weighted by Gasteiger charge is 2.12. The summed E-state index contributed by atoms with van der Waals surface area (Å²) in [6.45, 7) is 2.23. The molecule has 15 heavy (non-hydrogen) atoms. The highest BCUT2D eigenvalue weighted by atomic mass is 16.5. The Bertz CT molecular complexity index is 377. The number of rotatable bonds is 3. The maximum atomic E-state index is 5.28. The van der Waals surface area contributed by atoms with Gasteiger partial charge in [-0.3, -0.25) is 0 Å². The lowest BCUT2D eigenvalue weighted by Gasteiger charge is -2.18. The Morgan fingerprint density at radius 3 is 2.93 bits per heavy atom. The maximum absolute atomic E-state index is 5.28. The predicted molar refractivity (Wildman–Crippen MR) is 64.2 cm³/mol. The van der Waals surface area contributed by atoms with Crippen LogP contribution >= 0.6 is 0 Å². The molecule has 0 aromatic heterocycles. The summed E-state index contributed by atoms with van der Waals surface area (Å²) in [5.41, 5.74) is 4.38. The minimum absolute atomic E-state index is 0.970. The van der Waals surface area contributed by atoms with Gasteiger partial charge in [0.15, 0.2) is 0 Å². The SMILES string of the molecule is CCCC1=CCCc2ccc(OC)cc21. The molecule has 1 aromatic carbocycles. The summed E-state index contributed by atoms with van der Waals surface area (Å²) >= 11 is 0. The first-order valence-electron chi connectivity index (χ1n) is 5.71. The zero-order valence-corrected chi connectivity index (χ0v) is 9.55. The molecule has 0 unspecified atom stereocenters. The fourth-order valence-corrected chi connectivity index (χ4v) is 2.22. The molecule has 0 radical (unpaired) electrons. The number of fused-ring (bicyclic) bond motifs is 1. The van der Waals surface area contributed by atoms with Crippen molar-refractivity contribution in [2.24, 2.45) is 0 Å². The summed E-state index contributed by atoms with van der Waals surface area (Å²) < 4.78 is 5.28. The summed E-state index contributed by atoms with van der Waals surface area (Å²) in [4.78, 5) is 0. The van der Waals surface area contributed by atoms with E-state index in [2.05, 4.69) is 31.2 Å². The Hall–Kier alpha value is -1.24. The van der Waals surface area contributed by atoms with Gasteiger partial charge in [0, 0.05) is 0 Å². The van der Waals surface area contributed by atoms with Crippen molar-refractivity contribution in [3.05, 3.63) is 35.4 Å². The van der Waals surface area contributed by atoms with Gasteiger partial charge < -0.3 is 4.74 Å². The van der Waals surface area contributed by atoms with Gasteiger partial charge >= 0.3 is 0 Å². The molecule has 0 saturated heterocycles. The number of benzene rings is 1. The van der Waals surface area contributed by atoms with Crippen LogP contribution in [0.4, 0.5) is 0 Å². The van der Waals surface area contributed by atoms with Crippen molar-refractivity contribution < 1.29 is 4.74 Å². The number of allylic oxidation sites excluding steroid dienone is 2. The molecule has 1 heteroatoms. The molecule has 0 N–H and O–H groups in total. The Kier molecular flexibility index (Phi) is 3.10. The van der Waals surface area contributed by atoms with Gasteiger partial charge in [0.25, 0.3) is 0 Å². The maximum Gasteiger partial charge on any atom is 0.119 e. The molecule has 0 atom stereocenters. The van der Waals surface area contributed by atoms with Crippen LogP contribution < -0.4 is 4.74 Å². The van der Waals surface area contributed by atoms with Crippen molar-refractivity contribution in [2.75, 3.05) is 7.11 Å². The molecule has 0 heterocycles. The van der Waals surface area contributed by atoms with E-state index in [0.29, 0.717) is 0 Å². The molecule has 0 bridgehead atoms. The van der Waals surface area contributed by atoms with Crippen molar-refractivity contribution in [2.45, 2.75) is 32.6 Å². The minimum atomic E-state index is 0.970. The molecule has 1 aromatic rings. The lowest BCUT2D eigenvalue weighted by atomic mass is 9.88. The summed E-state index contributed by atoms with van der Waals surface area (Å²) in [5, 5.41) is 0. The normalized spacial score (nSPS) is 14.4. The molecule has 0 fully saturated rings. The quantitative estimate of drug-likeness (QED) is 0.724. The smallest absolute Gasteiger partial charge is 0.119 e. The van der Waals surface area contributed by atoms with E-state index in [-0.39, 0.29) is 0 Å². The minimum Gasteiger partial charge on any atom is -0.497 e. The molecule has 80 valence electrons. The summed E-state index contributed by atoms with van der Waals surface area (Å²) in [6.07, 6.45) is 7.13. The van der Waals surface area contributed by atoms with Gasteiger partial charge in [-0.05, 0) is 48.1 Å². The Balaban J connectivity index is 2.38. The van der Waals surface area contributed by atoms with E-state index in [1.54, 1.807) is 7.11 Å². The molecule has 1 aliphatic rings. The van der Waals surface area contributed by atoms with Gasteiger partial charge in [-0.2, -0.15) is 0 Å². The molecule has 2 rings (SSSR count). The lowest BCUT2D eigenvalue weighted by Crippen LogP contribution is -2.00. The number of aryl methyl sites for hydroxylation is 1. The van der Waals surface area contributed by atoms with E-state index in [1.165, 1.54) is 42.4 Å². The van der Waals surface area contributed by atoms with Crippen molar-refractivity contribution in [1.29, 1.82) is 0 Å². The van der Waals surface area contributed by atoms with Gasteiger partial charge in [0.05, 0.1) is 7.11 Å². The van der Waals surface area contributed by atoms with Crippen LogP contribution in [0.1, 0.15) is 37.3 Å². The Labute approximate surface area is 91.8 Å². The monoisotopic (exact) mass is 202 g/mol. The molecule has 0 aliphatic heterocycles. The number of hydrogen-bond donors (Lipinski definition) is 0. The van der Waals surface area contributed by atoms with Crippen LogP contribution in [0.2, 0.25) is 0 Å². The standard InChI is InChI=1S/C14H18O/c1-3-5-11-6-4-7-12-8-9-13(15-2)10-14(11)12/h6,8-10H,3-5,7H2,1-2H3. The second-order valence-electron chi connectivity index (χ2n) is 4.04. The average molecular weight is 202 g/mol. The van der Waals surface area contributed by atoms with E-state index in [0.717, 1.165) is 5.75 Å². The second-order valence-corrected chi connectivity index (χ2v) is 4.04. The lowest BCUT2D eigenvalue weighted by molar-refractivity contribution is 0.414. The largest absolute Gasteiger partial charge is 0.497 e. The van der Waals surface area contributed by atoms with Crippen LogP contribution in [0, 0.1) is 0 Å². The van der Waals surface area contributed by atoms with Crippen LogP contribution in [-0.2, 0) is 6.42 Å². The van der Waals surface area contributed by atoms with Gasteiger partial charge in [0.2, 0.25) is 0 Å². The molecular formula is C14H18O. The van der Waals surface area contributed by atoms with E-state index in [4.69, 9.17) is 4.74 Å². The fourth-order valence-electron chi connectivity index (χ4n) is 2.22. The van der Waals surface area contributed by atoms with Crippen LogP contribution in [0.3, 0.4) is 0 Å². The molecule has 1 nitrogen and oxygen atoms in total. The molecule has 0 saturated carbocycles. The van der Waals surface area contributed by atoms with Gasteiger partial charge in [-0.25, -0.2) is 0 Å². The van der Waals surface area contributed by atoms with Gasteiger partial charge in [-0.1, -0.05) is 25.5 Å². The first-order chi connectivity index (χ1) is 7.35. The van der Waals surface area contributed by atoms with Crippen LogP contribution in [-0.4, -0.2) is 7.11 Å². The van der Waals surface area contributed by atoms with Crippen molar-refractivity contribution in [3.63, 3.8) is 0 Å². The van der Waals surface area contributed by atoms with Gasteiger partial charge in [-0.15, -0.1) is 0 Å². The van der Waals surface area contributed by atoms with Crippen molar-refractivity contribution in [3.8, 4) is 5.75 Å². The van der Waals surface area contributed by atoms with E-state index in [1.807, 2.05) is 0 Å². The molecule has 0 amide bonds. The van der Waals surface area contributed by atoms with Crippen LogP contribution in [0.15, 0.2) is 24.3 Å². The summed E-state index contributed by atoms with van der Waals surface area (Å²) in [6, 6.07) is 6.44. The third-order valence-corrected chi connectivity index (χ3v) is 2.99. The highest BCUT2D eigenvalue weighted by Crippen LogP contribution is 2.32. The zero-order chi connectivity index (χ0) is 10.7. The molecular weight excluding hydrogens is 184 g/mol. The molecule has 1 aliphatic carbocycles. The van der Waals surface area contributed by atoms with E-state index >= 15 is 0 Å². The third kappa shape index (κ3) is 2.06. The average Bonchev–Trinajstić information content (AvgIpc) is 2.29. The predicted octanol–water partition coefficient (Wildman–Crippen LogP) is 3.82. The van der Waals surface area contributed by atoms with Crippen molar-refractivity contribution in [1.82, 2.24) is 0 Å². The summed E-state index contributed by atoms with van der Waals surface area (Å²) in [5.74, 6) is 0.970. The number of ether oxygens (including phenoxy) is 1. The topological polar surface area (TPSA) is 9.23 Å². The second kappa shape index (κ2) is 4.52. The van der Waals surface area contributed by atoms with Crippen LogP contribution in [0.25, 0.3) is 5.57 Å². The molecule has 0 spiro atoms. The third-order valence-electron chi connectivity index (χ3n) is 2.99. The first-order valence-corrected chi connectivity index (χ1v) is 5.71. The number of hydrogen-bond acceptors (Lipinski definition) is 1. The fraction of sp³-hybridized carbons (Fsp3) is 0.429.